The first-order valence-corrected chi connectivity index (χ1v) is 10.8. The lowest BCUT2D eigenvalue weighted by Gasteiger charge is -2.47. The molecule has 0 radical (unpaired) electrons. The second-order valence-corrected chi connectivity index (χ2v) is 8.81. The Hall–Kier alpha value is -2.53. The molecule has 2 aromatic rings. The highest BCUT2D eigenvalue weighted by molar-refractivity contribution is 6.32. The molecule has 0 saturated carbocycles. The molecule has 6 heteroatoms. The number of halogens is 1. The Morgan fingerprint density at radius 1 is 1.33 bits per heavy atom. The molecule has 0 spiro atoms. The number of benzene rings is 2. The third-order valence-corrected chi connectivity index (χ3v) is 5.77. The van der Waals surface area contributed by atoms with Crippen LogP contribution in [-0.2, 0) is 4.79 Å². The van der Waals surface area contributed by atoms with Crippen LogP contribution in [0.3, 0.4) is 0 Å². The number of para-hydroxylation sites is 1. The van der Waals surface area contributed by atoms with Crippen molar-refractivity contribution in [2.75, 3.05) is 18.1 Å². The van der Waals surface area contributed by atoms with Gasteiger partial charge in [0.2, 0.25) is 0 Å². The van der Waals surface area contributed by atoms with Crippen molar-refractivity contribution in [3.05, 3.63) is 58.6 Å². The molecule has 2 aromatic carbocycles. The molecule has 1 N–H and O–H groups in total. The van der Waals surface area contributed by atoms with Gasteiger partial charge in [0.15, 0.2) is 6.61 Å². The van der Waals surface area contributed by atoms with Gasteiger partial charge < -0.3 is 9.64 Å². The van der Waals surface area contributed by atoms with Crippen LogP contribution in [0.25, 0.3) is 0 Å². The smallest absolute Gasteiger partial charge is 0.277 e. The first-order chi connectivity index (χ1) is 14.3. The Bertz CT molecular complexity index is 926. The lowest BCUT2D eigenvalue weighted by molar-refractivity contribution is -0.123. The average molecular weight is 428 g/mol. The summed E-state index contributed by atoms with van der Waals surface area (Å²) >= 11 is 6.02. The molecule has 3 rings (SSSR count). The largest absolute Gasteiger partial charge is 0.482 e. The number of carbonyl (C=O) groups is 1. The van der Waals surface area contributed by atoms with Gasteiger partial charge in [0, 0.05) is 17.8 Å². The van der Waals surface area contributed by atoms with E-state index in [2.05, 4.69) is 55.3 Å². The number of fused-ring (bicyclic) bond motifs is 1. The molecule has 0 aliphatic carbocycles. The summed E-state index contributed by atoms with van der Waals surface area (Å²) in [6.45, 7) is 10.0. The normalized spacial score (nSPS) is 17.6. The predicted octanol–water partition coefficient (Wildman–Crippen LogP) is 5.37. The predicted molar refractivity (Wildman–Crippen MR) is 124 cm³/mol. The van der Waals surface area contributed by atoms with Gasteiger partial charge in [-0.3, -0.25) is 4.79 Å². The van der Waals surface area contributed by atoms with Gasteiger partial charge in [0.1, 0.15) is 5.75 Å². The number of nitrogens with zero attached hydrogens (tertiary/aromatic N) is 2. The van der Waals surface area contributed by atoms with E-state index in [1.54, 1.807) is 30.5 Å². The molecule has 1 unspecified atom stereocenters. The quantitative estimate of drug-likeness (QED) is 0.477. The molecule has 30 heavy (non-hydrogen) atoms. The minimum atomic E-state index is -0.339. The molecule has 0 bridgehead atoms. The van der Waals surface area contributed by atoms with Crippen molar-refractivity contribution in [3.63, 3.8) is 0 Å². The second-order valence-electron chi connectivity index (χ2n) is 8.40. The lowest BCUT2D eigenvalue weighted by atomic mass is 9.79. The van der Waals surface area contributed by atoms with Gasteiger partial charge in [-0.15, -0.1) is 0 Å². The molecule has 1 amide bonds. The topological polar surface area (TPSA) is 53.9 Å². The van der Waals surface area contributed by atoms with Crippen LogP contribution >= 0.6 is 11.6 Å². The van der Waals surface area contributed by atoms with E-state index in [0.717, 1.165) is 24.9 Å². The number of hydrogen-bond donors (Lipinski definition) is 1. The Morgan fingerprint density at radius 3 is 2.83 bits per heavy atom. The summed E-state index contributed by atoms with van der Waals surface area (Å²) in [6.07, 6.45) is 3.89. The average Bonchev–Trinajstić information content (AvgIpc) is 2.70. The zero-order chi connectivity index (χ0) is 21.7. The highest BCUT2D eigenvalue weighted by atomic mass is 35.5. The molecule has 1 aliphatic rings. The van der Waals surface area contributed by atoms with Crippen molar-refractivity contribution in [1.29, 1.82) is 0 Å². The summed E-state index contributed by atoms with van der Waals surface area (Å²) in [4.78, 5) is 14.5. The Kier molecular flexibility index (Phi) is 7.03. The highest BCUT2D eigenvalue weighted by Crippen LogP contribution is 2.43. The lowest BCUT2D eigenvalue weighted by Crippen LogP contribution is -2.48. The maximum Gasteiger partial charge on any atom is 0.277 e. The highest BCUT2D eigenvalue weighted by Gasteiger charge is 2.35. The van der Waals surface area contributed by atoms with E-state index in [1.165, 1.54) is 11.3 Å². The van der Waals surface area contributed by atoms with Crippen LogP contribution in [0.15, 0.2) is 47.6 Å². The van der Waals surface area contributed by atoms with E-state index < -0.39 is 0 Å². The van der Waals surface area contributed by atoms with Crippen molar-refractivity contribution in [3.8, 4) is 5.75 Å². The van der Waals surface area contributed by atoms with E-state index in [9.17, 15) is 4.79 Å². The van der Waals surface area contributed by atoms with Crippen LogP contribution in [0, 0.1) is 0 Å². The molecule has 0 aromatic heterocycles. The molecule has 5 nitrogen and oxygen atoms in total. The number of hydrogen-bond acceptors (Lipinski definition) is 4. The summed E-state index contributed by atoms with van der Waals surface area (Å²) in [5.41, 5.74) is 6.25. The molecular formula is C24H30ClN3O2. The van der Waals surface area contributed by atoms with Crippen LogP contribution < -0.4 is 15.1 Å². The van der Waals surface area contributed by atoms with Gasteiger partial charge in [-0.1, -0.05) is 43.6 Å². The summed E-state index contributed by atoms with van der Waals surface area (Å²) < 4.78 is 5.42. The zero-order valence-electron chi connectivity index (χ0n) is 18.1. The number of rotatable bonds is 7. The van der Waals surface area contributed by atoms with Crippen molar-refractivity contribution in [1.82, 2.24) is 5.43 Å². The van der Waals surface area contributed by atoms with Gasteiger partial charge in [-0.05, 0) is 68.0 Å². The number of anilines is 1. The van der Waals surface area contributed by atoms with Gasteiger partial charge in [-0.2, -0.15) is 5.10 Å². The van der Waals surface area contributed by atoms with Crippen molar-refractivity contribution >= 4 is 29.4 Å². The fourth-order valence-electron chi connectivity index (χ4n) is 4.15. The van der Waals surface area contributed by atoms with Crippen molar-refractivity contribution < 1.29 is 9.53 Å². The van der Waals surface area contributed by atoms with Crippen molar-refractivity contribution in [2.45, 2.75) is 52.0 Å². The minimum absolute atomic E-state index is 0.146. The molecule has 1 heterocycles. The standard InChI is InChI=1S/C24H30ClN3O2/c1-5-12-28-21-11-10-18(13-19(21)17(2)14-24(28,3)4)15-26-27-23(29)16-30-22-9-7-6-8-20(22)25/h6-11,13,15,17H,5,12,14,16H2,1-4H3,(H,27,29)/b26-15+. The fourth-order valence-corrected chi connectivity index (χ4v) is 4.34. The van der Waals surface area contributed by atoms with Crippen LogP contribution in [0.1, 0.15) is 57.6 Å². The Labute approximate surface area is 184 Å². The van der Waals surface area contributed by atoms with E-state index in [-0.39, 0.29) is 18.1 Å². The molecule has 0 fully saturated rings. The number of nitrogens with one attached hydrogen (secondary N) is 1. The summed E-state index contributed by atoms with van der Waals surface area (Å²) in [5.74, 6) is 0.602. The van der Waals surface area contributed by atoms with Crippen LogP contribution in [0.5, 0.6) is 5.75 Å². The van der Waals surface area contributed by atoms with E-state index in [4.69, 9.17) is 16.3 Å². The van der Waals surface area contributed by atoms with Crippen LogP contribution in [0.4, 0.5) is 5.69 Å². The number of carbonyl (C=O) groups excluding carboxylic acids is 1. The molecule has 160 valence electrons. The SMILES string of the molecule is CCCN1c2ccc(/C=N/NC(=O)COc3ccccc3Cl)cc2C(C)CC1(C)C. The maximum absolute atomic E-state index is 12.0. The Morgan fingerprint density at radius 2 is 2.10 bits per heavy atom. The van der Waals surface area contributed by atoms with E-state index >= 15 is 0 Å². The zero-order valence-corrected chi connectivity index (χ0v) is 18.9. The summed E-state index contributed by atoms with van der Waals surface area (Å²) in [5, 5.41) is 4.55. The third kappa shape index (κ3) is 5.14. The molecular weight excluding hydrogens is 398 g/mol. The van der Waals surface area contributed by atoms with Gasteiger partial charge >= 0.3 is 0 Å². The first-order valence-electron chi connectivity index (χ1n) is 10.4. The van der Waals surface area contributed by atoms with Gasteiger partial charge in [0.25, 0.3) is 5.91 Å². The van der Waals surface area contributed by atoms with Gasteiger partial charge in [0.05, 0.1) is 11.2 Å². The fraction of sp³-hybridized carbons (Fsp3) is 0.417. The van der Waals surface area contributed by atoms with E-state index in [0.29, 0.717) is 16.7 Å². The monoisotopic (exact) mass is 427 g/mol. The van der Waals surface area contributed by atoms with Crippen LogP contribution in [0.2, 0.25) is 5.02 Å². The molecule has 1 atom stereocenters. The summed E-state index contributed by atoms with van der Waals surface area (Å²) in [6, 6.07) is 13.4. The van der Waals surface area contributed by atoms with Crippen LogP contribution in [-0.4, -0.2) is 30.8 Å². The second kappa shape index (κ2) is 9.52. The number of ether oxygens (including phenoxy) is 1. The van der Waals surface area contributed by atoms with E-state index in [1.807, 2.05) is 6.07 Å². The van der Waals surface area contributed by atoms with Gasteiger partial charge in [-0.25, -0.2) is 5.43 Å². The minimum Gasteiger partial charge on any atom is -0.482 e. The Balaban J connectivity index is 1.63. The summed E-state index contributed by atoms with van der Waals surface area (Å²) in [7, 11) is 0. The maximum atomic E-state index is 12.0. The first kappa shape index (κ1) is 22.2. The van der Waals surface area contributed by atoms with Crippen molar-refractivity contribution in [2.24, 2.45) is 5.10 Å². The number of amides is 1. The molecule has 1 aliphatic heterocycles. The number of hydrazone groups is 1. The molecule has 0 saturated heterocycles. The third-order valence-electron chi connectivity index (χ3n) is 5.46.